The van der Waals surface area contributed by atoms with Crippen molar-refractivity contribution < 1.29 is 47.0 Å². The maximum Gasteiger partial charge on any atom is 0.414 e. The molecule has 15 heteroatoms. The Kier molecular flexibility index (Phi) is 7.73. The molecule has 1 aromatic rings. The number of carbonyl (C=O) groups excluding carboxylic acids is 3. The number of ether oxygens (including phenoxy) is 1. The summed E-state index contributed by atoms with van der Waals surface area (Å²) in [5.74, 6) is -3.99. The molecule has 234 valence electrons. The number of cyclic esters (lactones) is 1. The van der Waals surface area contributed by atoms with Crippen LogP contribution in [-0.2, 0) is 36.9 Å². The number of ketones is 1. The lowest BCUT2D eigenvalue weighted by Gasteiger charge is -2.47. The van der Waals surface area contributed by atoms with E-state index in [0.29, 0.717) is 36.4 Å². The molecule has 2 atom stereocenters. The summed E-state index contributed by atoms with van der Waals surface area (Å²) in [6.45, 7) is -1.19. The molecule has 0 radical (unpaired) electrons. The number of hydrogen-bond donors (Lipinski definition) is 2. The van der Waals surface area contributed by atoms with Crippen LogP contribution in [0.4, 0.5) is 23.7 Å². The summed E-state index contributed by atoms with van der Waals surface area (Å²) in [5.41, 5.74) is 1.36. The fourth-order valence-electron chi connectivity index (χ4n) is 6.02. The number of alkyl halides is 2. The molecule has 0 spiro atoms. The van der Waals surface area contributed by atoms with E-state index in [4.69, 9.17) is 9.57 Å². The molecule has 44 heavy (non-hydrogen) atoms. The predicted molar refractivity (Wildman–Crippen MR) is 146 cm³/mol. The SMILES string of the molecule is CC(=O)NCC1CN(c2ccc3c(c2)CCCN(C2=C(F)C=C4C(=O)C(C(=O)O)=CN(C5CC5)C4N2OC(F)F)C3)C(=O)O1. The van der Waals surface area contributed by atoms with Gasteiger partial charge in [-0.2, -0.15) is 8.78 Å². The molecule has 2 unspecified atom stereocenters. The number of carboxylic acid groups (broad SMARTS) is 1. The van der Waals surface area contributed by atoms with Crippen LogP contribution in [-0.4, -0.2) is 88.3 Å². The highest BCUT2D eigenvalue weighted by Crippen LogP contribution is 2.42. The minimum absolute atomic E-state index is 0.112. The van der Waals surface area contributed by atoms with Crippen molar-refractivity contribution >= 4 is 29.4 Å². The summed E-state index contributed by atoms with van der Waals surface area (Å²) < 4.78 is 48.9. The van der Waals surface area contributed by atoms with Gasteiger partial charge in [0, 0.05) is 43.5 Å². The Labute approximate surface area is 249 Å². The number of benzene rings is 1. The number of carbonyl (C=O) groups is 4. The third-order valence-corrected chi connectivity index (χ3v) is 8.15. The number of halogens is 3. The van der Waals surface area contributed by atoms with E-state index in [1.54, 1.807) is 17.0 Å². The number of aliphatic carboxylic acids is 1. The van der Waals surface area contributed by atoms with Gasteiger partial charge in [-0.05, 0) is 55.0 Å². The van der Waals surface area contributed by atoms with Gasteiger partial charge < -0.3 is 25.0 Å². The lowest BCUT2D eigenvalue weighted by Crippen LogP contribution is -2.56. The first-order chi connectivity index (χ1) is 21.0. The van der Waals surface area contributed by atoms with Gasteiger partial charge in [0.1, 0.15) is 11.7 Å². The van der Waals surface area contributed by atoms with Crippen molar-refractivity contribution in [3.63, 3.8) is 0 Å². The Balaban J connectivity index is 1.29. The van der Waals surface area contributed by atoms with Gasteiger partial charge in [0.25, 0.3) is 0 Å². The molecule has 12 nitrogen and oxygen atoms in total. The van der Waals surface area contributed by atoms with E-state index >= 15 is 4.39 Å². The lowest BCUT2D eigenvalue weighted by molar-refractivity contribution is -0.301. The van der Waals surface area contributed by atoms with E-state index in [9.17, 15) is 33.1 Å². The van der Waals surface area contributed by atoms with E-state index in [0.717, 1.165) is 23.4 Å². The van der Waals surface area contributed by atoms with E-state index in [1.807, 2.05) is 6.07 Å². The lowest BCUT2D eigenvalue weighted by atomic mass is 9.94. The van der Waals surface area contributed by atoms with Crippen LogP contribution in [0.1, 0.15) is 37.3 Å². The molecule has 2 amide bonds. The number of nitrogens with one attached hydrogen (secondary N) is 1. The Morgan fingerprint density at radius 1 is 1.20 bits per heavy atom. The van der Waals surface area contributed by atoms with E-state index < -0.39 is 48.1 Å². The van der Waals surface area contributed by atoms with Crippen LogP contribution in [0.5, 0.6) is 0 Å². The highest BCUT2D eigenvalue weighted by molar-refractivity contribution is 6.24. The van der Waals surface area contributed by atoms with Gasteiger partial charge in [-0.15, -0.1) is 0 Å². The molecular weight excluding hydrogens is 587 g/mol. The van der Waals surface area contributed by atoms with Crippen molar-refractivity contribution in [3.05, 3.63) is 64.4 Å². The zero-order chi connectivity index (χ0) is 31.3. The van der Waals surface area contributed by atoms with Gasteiger partial charge in [-0.3, -0.25) is 14.5 Å². The molecule has 6 rings (SSSR count). The topological polar surface area (TPSA) is 132 Å². The van der Waals surface area contributed by atoms with Crippen molar-refractivity contribution in [3.8, 4) is 0 Å². The van der Waals surface area contributed by atoms with Crippen molar-refractivity contribution in [1.82, 2.24) is 20.2 Å². The molecular formula is C29H30F3N5O7. The Bertz CT molecular complexity index is 1510. The van der Waals surface area contributed by atoms with Gasteiger partial charge in [-0.25, -0.2) is 23.9 Å². The summed E-state index contributed by atoms with van der Waals surface area (Å²) in [5, 5.41) is 12.9. The average molecular weight is 618 g/mol. The van der Waals surface area contributed by atoms with Crippen molar-refractivity contribution in [2.45, 2.75) is 64.1 Å². The largest absolute Gasteiger partial charge is 0.477 e. The summed E-state index contributed by atoms with van der Waals surface area (Å²) >= 11 is 0. The van der Waals surface area contributed by atoms with Crippen LogP contribution < -0.4 is 10.2 Å². The number of hydroxylamine groups is 2. The average Bonchev–Trinajstić information content (AvgIpc) is 3.76. The Hall–Kier alpha value is -4.53. The second-order valence-electron chi connectivity index (χ2n) is 11.2. The van der Waals surface area contributed by atoms with Gasteiger partial charge >= 0.3 is 18.7 Å². The van der Waals surface area contributed by atoms with Crippen molar-refractivity contribution in [1.29, 1.82) is 0 Å². The first-order valence-electron chi connectivity index (χ1n) is 14.2. The summed E-state index contributed by atoms with van der Waals surface area (Å²) in [6.07, 6.45) is 2.05. The number of aryl methyl sites for hydroxylation is 1. The van der Waals surface area contributed by atoms with E-state index in [1.165, 1.54) is 16.7 Å². The predicted octanol–water partition coefficient (Wildman–Crippen LogP) is 2.77. The van der Waals surface area contributed by atoms with Crippen LogP contribution >= 0.6 is 0 Å². The number of nitrogens with zero attached hydrogens (tertiary/aromatic N) is 4. The first kappa shape index (κ1) is 29.5. The Morgan fingerprint density at radius 2 is 1.98 bits per heavy atom. The molecule has 2 N–H and O–H groups in total. The fourth-order valence-corrected chi connectivity index (χ4v) is 6.02. The Morgan fingerprint density at radius 3 is 2.66 bits per heavy atom. The minimum atomic E-state index is -3.35. The highest BCUT2D eigenvalue weighted by atomic mass is 19.3. The first-order valence-corrected chi connectivity index (χ1v) is 14.2. The maximum atomic E-state index is 15.9. The third kappa shape index (κ3) is 5.58. The van der Waals surface area contributed by atoms with Crippen LogP contribution in [0.25, 0.3) is 0 Å². The quantitative estimate of drug-likeness (QED) is 0.420. The molecule has 2 fully saturated rings. The van der Waals surface area contributed by atoms with Gasteiger partial charge in [-0.1, -0.05) is 6.07 Å². The van der Waals surface area contributed by atoms with E-state index in [2.05, 4.69) is 5.32 Å². The molecule has 0 bridgehead atoms. The van der Waals surface area contributed by atoms with E-state index in [-0.39, 0.29) is 49.5 Å². The monoisotopic (exact) mass is 617 g/mol. The standard InChI is InChI=1S/C29H30F3N5O7/c1-15(38)33-11-20-13-36(29(42)43-20)19-5-4-17-12-34(8-2-3-16(17)9-19)26-23(30)10-21-24(39)22(27(40)41)14-35(18-6-7-18)25(21)37(26)44-28(31)32/h4-5,9-10,14,18,20,25,28H,2-3,6-8,11-13H2,1H3,(H,33,38)(H,40,41). The summed E-state index contributed by atoms with van der Waals surface area (Å²) in [7, 11) is 0. The molecule has 1 aliphatic carbocycles. The second kappa shape index (κ2) is 11.5. The van der Waals surface area contributed by atoms with Crippen LogP contribution in [0, 0.1) is 0 Å². The smallest absolute Gasteiger partial charge is 0.414 e. The number of anilines is 1. The number of fused-ring (bicyclic) bond motifs is 2. The molecule has 1 aromatic carbocycles. The number of allylic oxidation sites excluding steroid dienone is 2. The highest BCUT2D eigenvalue weighted by Gasteiger charge is 2.49. The van der Waals surface area contributed by atoms with Crippen molar-refractivity contribution in [2.24, 2.45) is 0 Å². The molecule has 0 aromatic heterocycles. The number of hydrogen-bond acceptors (Lipinski definition) is 9. The van der Waals surface area contributed by atoms with Gasteiger partial charge in [0.2, 0.25) is 11.7 Å². The third-order valence-electron chi connectivity index (χ3n) is 8.15. The van der Waals surface area contributed by atoms with Crippen LogP contribution in [0.15, 0.2) is 53.3 Å². The van der Waals surface area contributed by atoms with Crippen LogP contribution in [0.2, 0.25) is 0 Å². The molecule has 5 aliphatic rings. The maximum absolute atomic E-state index is 15.9. The fraction of sp³-hybridized carbons (Fsp3) is 0.448. The number of carboxylic acids is 1. The summed E-state index contributed by atoms with van der Waals surface area (Å²) in [4.78, 5) is 58.0. The van der Waals surface area contributed by atoms with Crippen LogP contribution in [0.3, 0.4) is 0 Å². The molecule has 4 heterocycles. The van der Waals surface area contributed by atoms with Gasteiger partial charge in [0.15, 0.2) is 17.8 Å². The molecule has 1 saturated heterocycles. The minimum Gasteiger partial charge on any atom is -0.477 e. The number of Topliss-reactive ketones (excluding diaryl/α,β-unsaturated/α-hetero) is 1. The normalized spacial score (nSPS) is 23.7. The van der Waals surface area contributed by atoms with Gasteiger partial charge in [0.05, 0.1) is 13.1 Å². The second-order valence-corrected chi connectivity index (χ2v) is 11.2. The number of amides is 2. The molecule has 4 aliphatic heterocycles. The summed E-state index contributed by atoms with van der Waals surface area (Å²) in [6, 6.07) is 5.11. The zero-order valence-corrected chi connectivity index (χ0v) is 23.7. The zero-order valence-electron chi connectivity index (χ0n) is 23.7. The van der Waals surface area contributed by atoms with Crippen molar-refractivity contribution in [2.75, 3.05) is 24.5 Å². The number of rotatable bonds is 8. The molecule has 1 saturated carbocycles.